The van der Waals surface area contributed by atoms with E-state index in [-0.39, 0.29) is 0 Å². The van der Waals surface area contributed by atoms with Crippen molar-refractivity contribution in [1.82, 2.24) is 4.90 Å². The zero-order valence-electron chi connectivity index (χ0n) is 12.6. The summed E-state index contributed by atoms with van der Waals surface area (Å²) < 4.78 is 5.63. The van der Waals surface area contributed by atoms with Gasteiger partial charge in [0.2, 0.25) is 0 Å². The molecule has 4 nitrogen and oxygen atoms in total. The van der Waals surface area contributed by atoms with Crippen molar-refractivity contribution >= 4 is 5.69 Å². The van der Waals surface area contributed by atoms with Crippen LogP contribution in [0.1, 0.15) is 17.1 Å². The molecule has 1 saturated heterocycles. The molecule has 1 aliphatic heterocycles. The number of nitrogens with two attached hydrogens (primary N) is 1. The number of para-hydroxylation sites is 1. The van der Waals surface area contributed by atoms with Crippen LogP contribution in [0.3, 0.4) is 0 Å². The second kappa shape index (κ2) is 6.33. The highest BCUT2D eigenvalue weighted by molar-refractivity contribution is 5.46. The molecule has 2 N–H and O–H groups in total. The van der Waals surface area contributed by atoms with E-state index in [1.54, 1.807) is 0 Å². The molecular formula is C17H23N3O. The second-order valence-electron chi connectivity index (χ2n) is 5.60. The van der Waals surface area contributed by atoms with Crippen LogP contribution in [0.5, 0.6) is 0 Å². The van der Waals surface area contributed by atoms with E-state index in [1.165, 1.54) is 11.3 Å². The van der Waals surface area contributed by atoms with Gasteiger partial charge in [-0.1, -0.05) is 18.2 Å². The molecule has 112 valence electrons. The standard InChI is InChI=1S/C17H23N3O/c1-14-15(11-17(12-18)21-14)13-19-7-9-20(10-8-19)16-5-3-2-4-6-16/h2-6,11H,7-10,12-13,18H2,1H3. The molecule has 1 aromatic heterocycles. The van der Waals surface area contributed by atoms with Crippen molar-refractivity contribution < 1.29 is 4.42 Å². The molecule has 0 amide bonds. The van der Waals surface area contributed by atoms with Gasteiger partial charge in [0, 0.05) is 44.0 Å². The van der Waals surface area contributed by atoms with E-state index in [2.05, 4.69) is 46.2 Å². The second-order valence-corrected chi connectivity index (χ2v) is 5.60. The molecule has 4 heteroatoms. The third-order valence-electron chi connectivity index (χ3n) is 4.16. The Labute approximate surface area is 126 Å². The predicted molar refractivity (Wildman–Crippen MR) is 85.3 cm³/mol. The lowest BCUT2D eigenvalue weighted by molar-refractivity contribution is 0.248. The Kier molecular flexibility index (Phi) is 4.27. The third kappa shape index (κ3) is 3.28. The molecule has 21 heavy (non-hydrogen) atoms. The Balaban J connectivity index is 1.57. The molecule has 0 saturated carbocycles. The van der Waals surface area contributed by atoms with Crippen LogP contribution in [-0.2, 0) is 13.1 Å². The monoisotopic (exact) mass is 285 g/mol. The fourth-order valence-corrected chi connectivity index (χ4v) is 2.89. The molecule has 0 spiro atoms. The predicted octanol–water partition coefficient (Wildman–Crippen LogP) is 2.37. The van der Waals surface area contributed by atoms with Crippen molar-refractivity contribution in [3.05, 3.63) is 53.5 Å². The van der Waals surface area contributed by atoms with Crippen LogP contribution in [0, 0.1) is 6.92 Å². The van der Waals surface area contributed by atoms with Gasteiger partial charge in [-0.3, -0.25) is 4.90 Å². The van der Waals surface area contributed by atoms with Crippen LogP contribution in [0.25, 0.3) is 0 Å². The molecule has 0 atom stereocenters. The Morgan fingerprint density at radius 1 is 1.10 bits per heavy atom. The van der Waals surface area contributed by atoms with Crippen molar-refractivity contribution in [3.63, 3.8) is 0 Å². The van der Waals surface area contributed by atoms with Gasteiger partial charge in [0.15, 0.2) is 0 Å². The maximum absolute atomic E-state index is 5.63. The molecule has 0 radical (unpaired) electrons. The summed E-state index contributed by atoms with van der Waals surface area (Å²) in [5, 5.41) is 0. The summed E-state index contributed by atoms with van der Waals surface area (Å²) in [6, 6.07) is 12.7. The number of hydrogen-bond donors (Lipinski definition) is 1. The Hall–Kier alpha value is -1.78. The van der Waals surface area contributed by atoms with Gasteiger partial charge < -0.3 is 15.1 Å². The van der Waals surface area contributed by atoms with Gasteiger partial charge in [-0.05, 0) is 25.1 Å². The van der Waals surface area contributed by atoms with E-state index in [0.29, 0.717) is 6.54 Å². The molecule has 2 aromatic rings. The highest BCUT2D eigenvalue weighted by Crippen LogP contribution is 2.19. The Bertz CT molecular complexity index is 571. The summed E-state index contributed by atoms with van der Waals surface area (Å²) in [5.74, 6) is 1.88. The lowest BCUT2D eigenvalue weighted by Gasteiger charge is -2.36. The first-order chi connectivity index (χ1) is 10.3. The molecule has 2 heterocycles. The molecule has 0 unspecified atom stereocenters. The molecule has 3 rings (SSSR count). The zero-order valence-corrected chi connectivity index (χ0v) is 12.6. The third-order valence-corrected chi connectivity index (χ3v) is 4.16. The van der Waals surface area contributed by atoms with E-state index < -0.39 is 0 Å². The number of nitrogens with zero attached hydrogens (tertiary/aromatic N) is 2. The zero-order chi connectivity index (χ0) is 14.7. The highest BCUT2D eigenvalue weighted by Gasteiger charge is 2.18. The number of piperazine rings is 1. The molecule has 1 fully saturated rings. The number of aryl methyl sites for hydroxylation is 1. The summed E-state index contributed by atoms with van der Waals surface area (Å²) in [4.78, 5) is 4.93. The summed E-state index contributed by atoms with van der Waals surface area (Å²) >= 11 is 0. The van der Waals surface area contributed by atoms with E-state index in [1.807, 2.05) is 6.92 Å². The molecule has 0 bridgehead atoms. The van der Waals surface area contributed by atoms with Gasteiger partial charge in [0.1, 0.15) is 11.5 Å². The SMILES string of the molecule is Cc1oc(CN)cc1CN1CCN(c2ccccc2)CC1. The van der Waals surface area contributed by atoms with Gasteiger partial charge >= 0.3 is 0 Å². The summed E-state index contributed by atoms with van der Waals surface area (Å²) in [7, 11) is 0. The van der Waals surface area contributed by atoms with Crippen LogP contribution in [0.15, 0.2) is 40.8 Å². The van der Waals surface area contributed by atoms with E-state index in [9.17, 15) is 0 Å². The largest absolute Gasteiger partial charge is 0.465 e. The maximum Gasteiger partial charge on any atom is 0.118 e. The first-order valence-electron chi connectivity index (χ1n) is 7.57. The van der Waals surface area contributed by atoms with Crippen LogP contribution >= 0.6 is 0 Å². The van der Waals surface area contributed by atoms with Crippen LogP contribution < -0.4 is 10.6 Å². The number of rotatable bonds is 4. The van der Waals surface area contributed by atoms with Gasteiger partial charge in [-0.25, -0.2) is 0 Å². The quantitative estimate of drug-likeness (QED) is 0.937. The lowest BCUT2D eigenvalue weighted by atomic mass is 10.2. The summed E-state index contributed by atoms with van der Waals surface area (Å²) in [6.07, 6.45) is 0. The maximum atomic E-state index is 5.63. The highest BCUT2D eigenvalue weighted by atomic mass is 16.3. The van der Waals surface area contributed by atoms with Gasteiger partial charge in [0.25, 0.3) is 0 Å². The first-order valence-corrected chi connectivity index (χ1v) is 7.57. The average Bonchev–Trinajstić information content (AvgIpc) is 2.89. The van der Waals surface area contributed by atoms with Crippen LogP contribution in [-0.4, -0.2) is 31.1 Å². The van der Waals surface area contributed by atoms with E-state index in [4.69, 9.17) is 10.2 Å². The Morgan fingerprint density at radius 2 is 1.81 bits per heavy atom. The number of furan rings is 1. The summed E-state index contributed by atoms with van der Waals surface area (Å²) in [6.45, 7) is 7.76. The number of hydrogen-bond acceptors (Lipinski definition) is 4. The first kappa shape index (κ1) is 14.2. The fourth-order valence-electron chi connectivity index (χ4n) is 2.89. The van der Waals surface area contributed by atoms with E-state index >= 15 is 0 Å². The average molecular weight is 285 g/mol. The van der Waals surface area contributed by atoms with Gasteiger partial charge in [-0.2, -0.15) is 0 Å². The smallest absolute Gasteiger partial charge is 0.118 e. The van der Waals surface area contributed by atoms with E-state index in [0.717, 1.165) is 44.2 Å². The van der Waals surface area contributed by atoms with Crippen molar-refractivity contribution in [3.8, 4) is 0 Å². The summed E-state index contributed by atoms with van der Waals surface area (Å²) in [5.41, 5.74) is 8.22. The molecular weight excluding hydrogens is 262 g/mol. The van der Waals surface area contributed by atoms with Crippen LogP contribution in [0.2, 0.25) is 0 Å². The van der Waals surface area contributed by atoms with Crippen LogP contribution in [0.4, 0.5) is 5.69 Å². The minimum atomic E-state index is 0.475. The Morgan fingerprint density at radius 3 is 2.43 bits per heavy atom. The minimum absolute atomic E-state index is 0.475. The van der Waals surface area contributed by atoms with Crippen molar-refractivity contribution in [2.45, 2.75) is 20.0 Å². The number of benzene rings is 1. The van der Waals surface area contributed by atoms with Crippen molar-refractivity contribution in [2.24, 2.45) is 5.73 Å². The minimum Gasteiger partial charge on any atom is -0.465 e. The fraction of sp³-hybridized carbons (Fsp3) is 0.412. The normalized spacial score (nSPS) is 16.4. The van der Waals surface area contributed by atoms with Crippen molar-refractivity contribution in [1.29, 1.82) is 0 Å². The molecule has 1 aliphatic rings. The number of anilines is 1. The van der Waals surface area contributed by atoms with Gasteiger partial charge in [-0.15, -0.1) is 0 Å². The van der Waals surface area contributed by atoms with Gasteiger partial charge in [0.05, 0.1) is 6.54 Å². The van der Waals surface area contributed by atoms with Crippen molar-refractivity contribution in [2.75, 3.05) is 31.1 Å². The lowest BCUT2D eigenvalue weighted by Crippen LogP contribution is -2.45. The topological polar surface area (TPSA) is 45.6 Å². The molecule has 1 aromatic carbocycles. The molecule has 0 aliphatic carbocycles.